The fraction of sp³-hybridized carbons (Fsp3) is 0.462. The van der Waals surface area contributed by atoms with Crippen molar-refractivity contribution in [2.45, 2.75) is 32.2 Å². The first kappa shape index (κ1) is 10.2. The van der Waals surface area contributed by atoms with Gasteiger partial charge in [0.15, 0.2) is 5.90 Å². The van der Waals surface area contributed by atoms with Gasteiger partial charge >= 0.3 is 0 Å². The molecule has 15 heavy (non-hydrogen) atoms. The molecule has 1 aromatic carbocycles. The van der Waals surface area contributed by atoms with Gasteiger partial charge < -0.3 is 4.74 Å². The zero-order valence-electron chi connectivity index (χ0n) is 9.31. The Balaban J connectivity index is 2.22. The molecule has 0 bridgehead atoms. The monoisotopic (exact) mass is 203 g/mol. The smallest absolute Gasteiger partial charge is 0.191 e. The van der Waals surface area contributed by atoms with Gasteiger partial charge in [-0.3, -0.25) is 0 Å². The van der Waals surface area contributed by atoms with Crippen LogP contribution in [-0.2, 0) is 4.74 Å². The highest BCUT2D eigenvalue weighted by molar-refractivity contribution is 5.84. The lowest BCUT2D eigenvalue weighted by Gasteiger charge is -2.14. The number of ether oxygens (including phenoxy) is 1. The highest BCUT2D eigenvalue weighted by atomic mass is 16.5. The average molecular weight is 203 g/mol. The Morgan fingerprint density at radius 1 is 1.40 bits per heavy atom. The molecular formula is C13H17NO. The molecule has 1 heterocycles. The van der Waals surface area contributed by atoms with E-state index in [1.807, 2.05) is 6.07 Å². The molecular weight excluding hydrogens is 186 g/mol. The number of hydrogen-bond donors (Lipinski definition) is 0. The van der Waals surface area contributed by atoms with Gasteiger partial charge in [0.2, 0.25) is 0 Å². The largest absolute Gasteiger partial charge is 0.478 e. The highest BCUT2D eigenvalue weighted by Gasteiger charge is 2.23. The van der Waals surface area contributed by atoms with Crippen molar-refractivity contribution in [3.8, 4) is 0 Å². The van der Waals surface area contributed by atoms with Crippen LogP contribution in [0.1, 0.15) is 31.7 Å². The lowest BCUT2D eigenvalue weighted by atomic mass is 9.96. The molecule has 2 nitrogen and oxygen atoms in total. The molecule has 2 unspecified atom stereocenters. The molecule has 0 saturated carbocycles. The quantitative estimate of drug-likeness (QED) is 0.740. The van der Waals surface area contributed by atoms with Gasteiger partial charge in [-0.2, -0.15) is 0 Å². The normalized spacial score (nSPS) is 22.0. The van der Waals surface area contributed by atoms with E-state index in [1.165, 1.54) is 5.56 Å². The summed E-state index contributed by atoms with van der Waals surface area (Å²) < 4.78 is 5.62. The molecule has 0 aliphatic carbocycles. The van der Waals surface area contributed by atoms with E-state index in [4.69, 9.17) is 4.74 Å². The van der Waals surface area contributed by atoms with Gasteiger partial charge in [0.1, 0.15) is 6.61 Å². The molecule has 1 aromatic rings. The molecule has 0 saturated heterocycles. The summed E-state index contributed by atoms with van der Waals surface area (Å²) in [5, 5.41) is 0. The van der Waals surface area contributed by atoms with Crippen LogP contribution in [0, 0.1) is 0 Å². The van der Waals surface area contributed by atoms with Crippen molar-refractivity contribution in [3.63, 3.8) is 0 Å². The van der Waals surface area contributed by atoms with E-state index >= 15 is 0 Å². The second kappa shape index (κ2) is 4.47. The lowest BCUT2D eigenvalue weighted by Crippen LogP contribution is -2.12. The number of hydrogen-bond acceptors (Lipinski definition) is 2. The maximum atomic E-state index is 5.62. The van der Waals surface area contributed by atoms with E-state index < -0.39 is 0 Å². The second-order valence-corrected chi connectivity index (χ2v) is 4.00. The van der Waals surface area contributed by atoms with Crippen molar-refractivity contribution in [1.82, 2.24) is 0 Å². The summed E-state index contributed by atoms with van der Waals surface area (Å²) >= 11 is 0. The summed E-state index contributed by atoms with van der Waals surface area (Å²) in [6.07, 6.45) is 1.04. The fourth-order valence-electron chi connectivity index (χ4n) is 1.93. The molecule has 2 rings (SSSR count). The van der Waals surface area contributed by atoms with E-state index in [0.717, 1.165) is 18.9 Å². The third kappa shape index (κ3) is 2.20. The summed E-state index contributed by atoms with van der Waals surface area (Å²) in [7, 11) is 0. The summed E-state index contributed by atoms with van der Waals surface area (Å²) in [6, 6.07) is 10.8. The number of aliphatic imine (C=N–C) groups is 1. The SMILES string of the molecule is CCC(C1=NC(C)CO1)c1ccccc1. The standard InChI is InChI=1S/C13H17NO/c1-3-12(11-7-5-4-6-8-11)13-14-10(2)9-15-13/h4-8,10,12H,3,9H2,1-2H3. The Labute approximate surface area is 91.0 Å². The zero-order chi connectivity index (χ0) is 10.7. The van der Waals surface area contributed by atoms with Crippen molar-refractivity contribution >= 4 is 5.90 Å². The van der Waals surface area contributed by atoms with Gasteiger partial charge in [0, 0.05) is 0 Å². The first-order valence-corrected chi connectivity index (χ1v) is 5.56. The Hall–Kier alpha value is -1.31. The summed E-state index contributed by atoms with van der Waals surface area (Å²) in [5.41, 5.74) is 1.30. The highest BCUT2D eigenvalue weighted by Crippen LogP contribution is 2.24. The minimum atomic E-state index is 0.317. The zero-order valence-corrected chi connectivity index (χ0v) is 9.31. The van der Waals surface area contributed by atoms with Crippen LogP contribution in [0.25, 0.3) is 0 Å². The minimum Gasteiger partial charge on any atom is -0.478 e. The van der Waals surface area contributed by atoms with Crippen LogP contribution >= 0.6 is 0 Å². The number of nitrogens with zero attached hydrogens (tertiary/aromatic N) is 1. The molecule has 0 spiro atoms. The van der Waals surface area contributed by atoms with E-state index in [1.54, 1.807) is 0 Å². The molecule has 0 fully saturated rings. The van der Waals surface area contributed by atoms with Crippen LogP contribution in [0.15, 0.2) is 35.3 Å². The van der Waals surface area contributed by atoms with Crippen molar-refractivity contribution in [2.24, 2.45) is 4.99 Å². The first-order valence-electron chi connectivity index (χ1n) is 5.56. The molecule has 2 atom stereocenters. The van der Waals surface area contributed by atoms with Crippen molar-refractivity contribution < 1.29 is 4.74 Å². The van der Waals surface area contributed by atoms with Crippen LogP contribution in [-0.4, -0.2) is 18.5 Å². The molecule has 0 amide bonds. The molecule has 0 radical (unpaired) electrons. The maximum absolute atomic E-state index is 5.62. The van der Waals surface area contributed by atoms with Gasteiger partial charge in [-0.15, -0.1) is 0 Å². The van der Waals surface area contributed by atoms with Crippen LogP contribution in [0.2, 0.25) is 0 Å². The molecule has 1 aliphatic heterocycles. The Morgan fingerprint density at radius 3 is 2.67 bits per heavy atom. The predicted molar refractivity (Wildman–Crippen MR) is 62.3 cm³/mol. The van der Waals surface area contributed by atoms with Gasteiger partial charge in [-0.05, 0) is 18.9 Å². The fourth-order valence-corrected chi connectivity index (χ4v) is 1.93. The van der Waals surface area contributed by atoms with Crippen LogP contribution in [0.3, 0.4) is 0 Å². The van der Waals surface area contributed by atoms with Crippen molar-refractivity contribution in [2.75, 3.05) is 6.61 Å². The first-order chi connectivity index (χ1) is 7.31. The molecule has 0 aromatic heterocycles. The van der Waals surface area contributed by atoms with Crippen LogP contribution in [0.4, 0.5) is 0 Å². The van der Waals surface area contributed by atoms with E-state index in [2.05, 4.69) is 43.1 Å². The van der Waals surface area contributed by atoms with Crippen molar-refractivity contribution in [1.29, 1.82) is 0 Å². The number of rotatable bonds is 3. The topological polar surface area (TPSA) is 21.6 Å². The van der Waals surface area contributed by atoms with Gasteiger partial charge in [0.25, 0.3) is 0 Å². The third-order valence-electron chi connectivity index (χ3n) is 2.73. The van der Waals surface area contributed by atoms with Gasteiger partial charge in [0.05, 0.1) is 12.0 Å². The summed E-state index contributed by atoms with van der Waals surface area (Å²) in [4.78, 5) is 4.53. The van der Waals surface area contributed by atoms with Crippen LogP contribution in [0.5, 0.6) is 0 Å². The summed E-state index contributed by atoms with van der Waals surface area (Å²) in [6.45, 7) is 5.00. The molecule has 0 N–H and O–H groups in total. The Morgan fingerprint density at radius 2 is 2.13 bits per heavy atom. The van der Waals surface area contributed by atoms with Crippen molar-refractivity contribution in [3.05, 3.63) is 35.9 Å². The number of benzene rings is 1. The Kier molecular flexibility index (Phi) is 3.05. The second-order valence-electron chi connectivity index (χ2n) is 4.00. The summed E-state index contributed by atoms with van der Waals surface area (Å²) in [5.74, 6) is 1.24. The maximum Gasteiger partial charge on any atom is 0.191 e. The van der Waals surface area contributed by atoms with Crippen LogP contribution < -0.4 is 0 Å². The van der Waals surface area contributed by atoms with Gasteiger partial charge in [-0.25, -0.2) is 4.99 Å². The third-order valence-corrected chi connectivity index (χ3v) is 2.73. The predicted octanol–water partition coefficient (Wildman–Crippen LogP) is 3.00. The van der Waals surface area contributed by atoms with E-state index in [9.17, 15) is 0 Å². The van der Waals surface area contributed by atoms with E-state index in [-0.39, 0.29) is 0 Å². The van der Waals surface area contributed by atoms with E-state index in [0.29, 0.717) is 12.0 Å². The molecule has 80 valence electrons. The lowest BCUT2D eigenvalue weighted by molar-refractivity contribution is 0.310. The Bertz CT molecular complexity index is 345. The van der Waals surface area contributed by atoms with Gasteiger partial charge in [-0.1, -0.05) is 37.3 Å². The minimum absolute atomic E-state index is 0.317. The molecule has 2 heteroatoms. The molecule has 1 aliphatic rings. The average Bonchev–Trinajstić information content (AvgIpc) is 2.68.